The van der Waals surface area contributed by atoms with Crippen molar-refractivity contribution in [2.75, 3.05) is 11.9 Å². The molecule has 0 aliphatic carbocycles. The van der Waals surface area contributed by atoms with Gasteiger partial charge in [0.1, 0.15) is 12.1 Å². The Hall–Kier alpha value is -3.04. The van der Waals surface area contributed by atoms with Gasteiger partial charge in [0, 0.05) is 23.9 Å². The van der Waals surface area contributed by atoms with Crippen LogP contribution in [0.2, 0.25) is 0 Å². The Kier molecular flexibility index (Phi) is 6.07. The number of alkyl halides is 2. The molecular formula is C20H17F2N3O. The lowest BCUT2D eigenvalue weighted by atomic mass is 10.1. The van der Waals surface area contributed by atoms with Crippen molar-refractivity contribution >= 4 is 16.7 Å². The molecule has 3 rings (SSSR count). The summed E-state index contributed by atoms with van der Waals surface area (Å²) in [6.45, 7) is -2.33. The van der Waals surface area contributed by atoms with Gasteiger partial charge in [-0.3, -0.25) is 0 Å². The van der Waals surface area contributed by atoms with E-state index >= 15 is 0 Å². The van der Waals surface area contributed by atoms with Crippen LogP contribution in [0.5, 0.6) is 0 Å². The van der Waals surface area contributed by atoms with Gasteiger partial charge in [-0.1, -0.05) is 42.2 Å². The minimum Gasteiger partial charge on any atom is -0.368 e. The van der Waals surface area contributed by atoms with Gasteiger partial charge in [-0.2, -0.15) is 8.78 Å². The molecule has 0 fully saturated rings. The molecule has 0 unspecified atom stereocenters. The third kappa shape index (κ3) is 4.74. The SMILES string of the molecule is FC(F)OCc1ccccc1C#CCCNc1ncnc2ccccc12. The molecule has 0 spiro atoms. The third-order valence-electron chi connectivity index (χ3n) is 3.69. The minimum absolute atomic E-state index is 0.159. The first-order chi connectivity index (χ1) is 12.7. The summed E-state index contributed by atoms with van der Waals surface area (Å²) in [5, 5.41) is 4.21. The molecule has 0 saturated heterocycles. The summed E-state index contributed by atoms with van der Waals surface area (Å²) >= 11 is 0. The quantitative estimate of drug-likeness (QED) is 0.532. The summed E-state index contributed by atoms with van der Waals surface area (Å²) in [5.74, 6) is 6.83. The fourth-order valence-electron chi connectivity index (χ4n) is 2.47. The maximum atomic E-state index is 12.2. The largest absolute Gasteiger partial charge is 0.368 e. The minimum atomic E-state index is -2.79. The summed E-state index contributed by atoms with van der Waals surface area (Å²) in [6.07, 6.45) is 2.11. The number of halogens is 2. The average Bonchev–Trinajstić information content (AvgIpc) is 2.67. The molecule has 0 saturated carbocycles. The third-order valence-corrected chi connectivity index (χ3v) is 3.69. The lowest BCUT2D eigenvalue weighted by Crippen LogP contribution is -2.03. The number of rotatable bonds is 6. The van der Waals surface area contributed by atoms with Gasteiger partial charge < -0.3 is 10.1 Å². The van der Waals surface area contributed by atoms with E-state index in [2.05, 4.69) is 31.9 Å². The van der Waals surface area contributed by atoms with E-state index in [9.17, 15) is 8.78 Å². The van der Waals surface area contributed by atoms with E-state index in [1.165, 1.54) is 6.33 Å². The fraction of sp³-hybridized carbons (Fsp3) is 0.200. The highest BCUT2D eigenvalue weighted by molar-refractivity contribution is 5.88. The molecule has 0 atom stereocenters. The van der Waals surface area contributed by atoms with E-state index in [4.69, 9.17) is 0 Å². The summed E-state index contributed by atoms with van der Waals surface area (Å²) in [7, 11) is 0. The molecule has 1 aromatic heterocycles. The van der Waals surface area contributed by atoms with Crippen molar-refractivity contribution < 1.29 is 13.5 Å². The summed E-state index contributed by atoms with van der Waals surface area (Å²) in [5.41, 5.74) is 2.22. The Labute approximate surface area is 150 Å². The number of nitrogens with one attached hydrogen (secondary N) is 1. The number of anilines is 1. The van der Waals surface area contributed by atoms with Crippen LogP contribution in [0.15, 0.2) is 54.9 Å². The monoisotopic (exact) mass is 353 g/mol. The molecule has 26 heavy (non-hydrogen) atoms. The van der Waals surface area contributed by atoms with E-state index in [-0.39, 0.29) is 6.61 Å². The van der Waals surface area contributed by atoms with E-state index in [1.54, 1.807) is 18.2 Å². The number of benzene rings is 2. The predicted octanol–water partition coefficient (Wildman–Crippen LogP) is 4.22. The van der Waals surface area contributed by atoms with Crippen molar-refractivity contribution in [2.24, 2.45) is 0 Å². The van der Waals surface area contributed by atoms with Gasteiger partial charge in [0.15, 0.2) is 0 Å². The van der Waals surface area contributed by atoms with E-state index in [0.717, 1.165) is 16.7 Å². The summed E-state index contributed by atoms with van der Waals surface area (Å²) < 4.78 is 28.8. The van der Waals surface area contributed by atoms with Crippen LogP contribution in [-0.4, -0.2) is 23.1 Å². The molecule has 4 nitrogen and oxygen atoms in total. The van der Waals surface area contributed by atoms with Crippen LogP contribution in [0.1, 0.15) is 17.5 Å². The van der Waals surface area contributed by atoms with Crippen LogP contribution in [0.4, 0.5) is 14.6 Å². The van der Waals surface area contributed by atoms with Crippen molar-refractivity contribution in [2.45, 2.75) is 19.6 Å². The molecule has 1 N–H and O–H groups in total. The van der Waals surface area contributed by atoms with Gasteiger partial charge in [0.2, 0.25) is 0 Å². The molecule has 2 aromatic carbocycles. The van der Waals surface area contributed by atoms with Crippen LogP contribution in [0, 0.1) is 11.8 Å². The first kappa shape index (κ1) is 17.8. The maximum Gasteiger partial charge on any atom is 0.345 e. The van der Waals surface area contributed by atoms with Crippen molar-refractivity contribution in [3.8, 4) is 11.8 Å². The molecule has 0 amide bonds. The molecule has 0 aliphatic heterocycles. The number of para-hydroxylation sites is 1. The summed E-state index contributed by atoms with van der Waals surface area (Å²) in [4.78, 5) is 8.48. The van der Waals surface area contributed by atoms with Gasteiger partial charge in [0.05, 0.1) is 12.1 Å². The van der Waals surface area contributed by atoms with Crippen molar-refractivity contribution in [3.05, 3.63) is 66.0 Å². The van der Waals surface area contributed by atoms with Gasteiger partial charge in [-0.15, -0.1) is 0 Å². The van der Waals surface area contributed by atoms with Crippen LogP contribution in [0.25, 0.3) is 10.9 Å². The first-order valence-corrected chi connectivity index (χ1v) is 8.14. The Bertz CT molecular complexity index is 929. The van der Waals surface area contributed by atoms with E-state index in [0.29, 0.717) is 24.1 Å². The lowest BCUT2D eigenvalue weighted by molar-refractivity contribution is -0.137. The zero-order chi connectivity index (χ0) is 18.2. The number of ether oxygens (including phenoxy) is 1. The zero-order valence-corrected chi connectivity index (χ0v) is 14.0. The molecular weight excluding hydrogens is 336 g/mol. The smallest absolute Gasteiger partial charge is 0.345 e. The molecule has 0 bridgehead atoms. The molecule has 3 aromatic rings. The number of nitrogens with zero attached hydrogens (tertiary/aromatic N) is 2. The lowest BCUT2D eigenvalue weighted by Gasteiger charge is -2.06. The highest BCUT2D eigenvalue weighted by atomic mass is 19.3. The zero-order valence-electron chi connectivity index (χ0n) is 14.0. The average molecular weight is 353 g/mol. The second-order valence-corrected chi connectivity index (χ2v) is 5.45. The van der Waals surface area contributed by atoms with Crippen molar-refractivity contribution in [1.29, 1.82) is 0 Å². The van der Waals surface area contributed by atoms with Crippen LogP contribution in [0.3, 0.4) is 0 Å². The molecule has 0 aliphatic rings. The normalized spacial score (nSPS) is 10.6. The first-order valence-electron chi connectivity index (χ1n) is 8.14. The highest BCUT2D eigenvalue weighted by Gasteiger charge is 2.05. The fourth-order valence-corrected chi connectivity index (χ4v) is 2.47. The molecule has 6 heteroatoms. The van der Waals surface area contributed by atoms with Gasteiger partial charge >= 0.3 is 6.61 Å². The number of hydrogen-bond donors (Lipinski definition) is 1. The Morgan fingerprint density at radius 1 is 1.04 bits per heavy atom. The van der Waals surface area contributed by atoms with Gasteiger partial charge in [-0.25, -0.2) is 9.97 Å². The second kappa shape index (κ2) is 8.88. The van der Waals surface area contributed by atoms with Crippen molar-refractivity contribution in [3.63, 3.8) is 0 Å². The van der Waals surface area contributed by atoms with Crippen LogP contribution >= 0.6 is 0 Å². The number of aromatic nitrogens is 2. The highest BCUT2D eigenvalue weighted by Crippen LogP contribution is 2.18. The van der Waals surface area contributed by atoms with E-state index < -0.39 is 6.61 Å². The number of hydrogen-bond acceptors (Lipinski definition) is 4. The van der Waals surface area contributed by atoms with Gasteiger partial charge in [-0.05, 0) is 23.8 Å². The molecule has 0 radical (unpaired) electrons. The van der Waals surface area contributed by atoms with E-state index in [1.807, 2.05) is 30.3 Å². The second-order valence-electron chi connectivity index (χ2n) is 5.45. The van der Waals surface area contributed by atoms with Crippen molar-refractivity contribution in [1.82, 2.24) is 9.97 Å². The predicted molar refractivity (Wildman–Crippen MR) is 96.8 cm³/mol. The summed E-state index contributed by atoms with van der Waals surface area (Å²) in [6, 6.07) is 14.9. The maximum absolute atomic E-state index is 12.2. The topological polar surface area (TPSA) is 47.0 Å². The Balaban J connectivity index is 1.59. The van der Waals surface area contributed by atoms with Gasteiger partial charge in [0.25, 0.3) is 0 Å². The Morgan fingerprint density at radius 3 is 2.73 bits per heavy atom. The van der Waals surface area contributed by atoms with Crippen LogP contribution in [-0.2, 0) is 11.3 Å². The number of fused-ring (bicyclic) bond motifs is 1. The molecule has 1 heterocycles. The van der Waals surface area contributed by atoms with Crippen LogP contribution < -0.4 is 5.32 Å². The standard InChI is InChI=1S/C20H17F2N3O/c21-20(22)26-13-16-9-2-1-7-15(16)8-5-6-12-23-19-17-10-3-4-11-18(17)24-14-25-19/h1-4,7,9-11,14,20H,6,12-13H2,(H,23,24,25). The Morgan fingerprint density at radius 2 is 1.85 bits per heavy atom. The molecule has 132 valence electrons.